The van der Waals surface area contributed by atoms with Crippen LogP contribution in [-0.4, -0.2) is 22.9 Å². The van der Waals surface area contributed by atoms with Crippen molar-refractivity contribution in [1.29, 1.82) is 0 Å². The molecule has 1 unspecified atom stereocenters. The van der Waals surface area contributed by atoms with Crippen LogP contribution in [0.25, 0.3) is 0 Å². The van der Waals surface area contributed by atoms with Gasteiger partial charge in [-0.25, -0.2) is 0 Å². The molecule has 3 heteroatoms. The summed E-state index contributed by atoms with van der Waals surface area (Å²) in [5.41, 5.74) is 3.69. The fourth-order valence-electron chi connectivity index (χ4n) is 3.14. The molecule has 3 N–H and O–H groups in total. The highest BCUT2D eigenvalue weighted by molar-refractivity contribution is 5.40. The molecule has 0 saturated heterocycles. The van der Waals surface area contributed by atoms with E-state index >= 15 is 0 Å². The average molecular weight is 283 g/mol. The van der Waals surface area contributed by atoms with Crippen molar-refractivity contribution in [3.05, 3.63) is 65.2 Å². The Morgan fingerprint density at radius 1 is 1.14 bits per heavy atom. The highest BCUT2D eigenvalue weighted by Crippen LogP contribution is 2.33. The second-order valence-corrected chi connectivity index (χ2v) is 5.71. The number of nitrogens with one attached hydrogen (secondary N) is 1. The third kappa shape index (κ3) is 3.26. The summed E-state index contributed by atoms with van der Waals surface area (Å²) >= 11 is 0. The summed E-state index contributed by atoms with van der Waals surface area (Å²) in [6, 6.07) is 16.1. The predicted molar refractivity (Wildman–Crippen MR) is 83.3 cm³/mol. The van der Waals surface area contributed by atoms with Gasteiger partial charge in [-0.05, 0) is 48.1 Å². The number of hydrogen-bond donors (Lipinski definition) is 3. The number of phenolic OH excluding ortho intramolecular Hbond substituents is 1. The van der Waals surface area contributed by atoms with Crippen LogP contribution in [0.2, 0.25) is 0 Å². The molecule has 2 aromatic carbocycles. The van der Waals surface area contributed by atoms with E-state index in [-0.39, 0.29) is 18.7 Å². The highest BCUT2D eigenvalue weighted by atomic mass is 16.3. The maximum absolute atomic E-state index is 9.64. The predicted octanol–water partition coefficient (Wildman–Crippen LogP) is 2.57. The van der Waals surface area contributed by atoms with E-state index in [0.29, 0.717) is 5.75 Å². The van der Waals surface area contributed by atoms with Crippen molar-refractivity contribution in [3.63, 3.8) is 0 Å². The fraction of sp³-hybridized carbons (Fsp3) is 0.333. The molecule has 0 spiro atoms. The number of aliphatic hydroxyl groups excluding tert-OH is 1. The van der Waals surface area contributed by atoms with E-state index in [0.717, 1.165) is 19.3 Å². The van der Waals surface area contributed by atoms with Crippen LogP contribution in [0.4, 0.5) is 0 Å². The van der Waals surface area contributed by atoms with E-state index in [1.807, 2.05) is 30.3 Å². The van der Waals surface area contributed by atoms with Gasteiger partial charge in [0.15, 0.2) is 0 Å². The molecule has 0 heterocycles. The number of rotatable bonds is 5. The van der Waals surface area contributed by atoms with Crippen molar-refractivity contribution >= 4 is 0 Å². The Morgan fingerprint density at radius 3 is 2.71 bits per heavy atom. The summed E-state index contributed by atoms with van der Waals surface area (Å²) in [7, 11) is 0. The molecule has 1 aliphatic rings. The van der Waals surface area contributed by atoms with Gasteiger partial charge in [-0.3, -0.25) is 0 Å². The minimum atomic E-state index is 0.0529. The smallest absolute Gasteiger partial charge is 0.115 e. The summed E-state index contributed by atoms with van der Waals surface area (Å²) < 4.78 is 0. The number of phenols is 1. The molecule has 3 nitrogen and oxygen atoms in total. The first-order chi connectivity index (χ1) is 10.3. The largest absolute Gasteiger partial charge is 0.508 e. The number of hydrogen-bond acceptors (Lipinski definition) is 3. The minimum Gasteiger partial charge on any atom is -0.508 e. The van der Waals surface area contributed by atoms with Crippen LogP contribution in [-0.2, 0) is 12.8 Å². The van der Waals surface area contributed by atoms with Gasteiger partial charge in [-0.15, -0.1) is 0 Å². The van der Waals surface area contributed by atoms with E-state index in [1.165, 1.54) is 16.7 Å². The van der Waals surface area contributed by atoms with Crippen molar-refractivity contribution in [2.45, 2.75) is 31.3 Å². The molecule has 0 aliphatic heterocycles. The van der Waals surface area contributed by atoms with Crippen LogP contribution < -0.4 is 5.32 Å². The SMILES string of the molecule is OC[C@@H](Cc1ccccc1)NC1CCc2cc(O)ccc21. The minimum absolute atomic E-state index is 0.0529. The van der Waals surface area contributed by atoms with Crippen molar-refractivity contribution in [2.75, 3.05) is 6.61 Å². The van der Waals surface area contributed by atoms with Gasteiger partial charge in [0.25, 0.3) is 0 Å². The van der Waals surface area contributed by atoms with Gasteiger partial charge in [-0.2, -0.15) is 0 Å². The molecule has 0 bridgehead atoms. The molecule has 0 aromatic heterocycles. The third-order valence-electron chi connectivity index (χ3n) is 4.19. The maximum atomic E-state index is 9.64. The van der Waals surface area contributed by atoms with E-state index in [2.05, 4.69) is 17.4 Å². The number of fused-ring (bicyclic) bond motifs is 1. The van der Waals surface area contributed by atoms with E-state index in [9.17, 15) is 10.2 Å². The number of aryl methyl sites for hydroxylation is 1. The second kappa shape index (κ2) is 6.29. The topological polar surface area (TPSA) is 52.5 Å². The molecule has 0 radical (unpaired) electrons. The molecule has 3 rings (SSSR count). The van der Waals surface area contributed by atoms with Crippen LogP contribution in [0.3, 0.4) is 0 Å². The maximum Gasteiger partial charge on any atom is 0.115 e. The fourth-order valence-corrected chi connectivity index (χ4v) is 3.14. The molecular formula is C18H21NO2. The average Bonchev–Trinajstić information content (AvgIpc) is 2.89. The normalized spacial score (nSPS) is 18.4. The quantitative estimate of drug-likeness (QED) is 0.790. The summed E-state index contributed by atoms with van der Waals surface area (Å²) in [6.07, 6.45) is 2.82. The Bertz CT molecular complexity index is 597. The molecule has 0 fully saturated rings. The molecule has 2 aromatic rings. The monoisotopic (exact) mass is 283 g/mol. The number of aromatic hydroxyl groups is 1. The van der Waals surface area contributed by atoms with Crippen molar-refractivity contribution in [1.82, 2.24) is 5.32 Å². The number of benzene rings is 2. The van der Waals surface area contributed by atoms with Crippen LogP contribution in [0.5, 0.6) is 5.75 Å². The summed E-state index contributed by atoms with van der Waals surface area (Å²) in [5.74, 6) is 0.331. The Kier molecular flexibility index (Phi) is 4.23. The van der Waals surface area contributed by atoms with Crippen molar-refractivity contribution in [2.24, 2.45) is 0 Å². The van der Waals surface area contributed by atoms with Crippen LogP contribution >= 0.6 is 0 Å². The summed E-state index contributed by atoms with van der Waals surface area (Å²) in [6.45, 7) is 0.124. The first kappa shape index (κ1) is 14.1. The molecule has 1 aliphatic carbocycles. The molecule has 2 atom stereocenters. The zero-order valence-corrected chi connectivity index (χ0v) is 12.0. The van der Waals surface area contributed by atoms with Gasteiger partial charge in [-0.1, -0.05) is 36.4 Å². The highest BCUT2D eigenvalue weighted by Gasteiger charge is 2.24. The van der Waals surface area contributed by atoms with Crippen LogP contribution in [0.1, 0.15) is 29.2 Å². The Labute approximate surface area is 125 Å². The summed E-state index contributed by atoms with van der Waals surface area (Å²) in [4.78, 5) is 0. The first-order valence-corrected chi connectivity index (χ1v) is 7.49. The van der Waals surface area contributed by atoms with Gasteiger partial charge in [0.2, 0.25) is 0 Å². The van der Waals surface area contributed by atoms with Gasteiger partial charge < -0.3 is 15.5 Å². The van der Waals surface area contributed by atoms with Gasteiger partial charge in [0.05, 0.1) is 6.61 Å². The third-order valence-corrected chi connectivity index (χ3v) is 4.19. The lowest BCUT2D eigenvalue weighted by atomic mass is 10.0. The van der Waals surface area contributed by atoms with Crippen molar-refractivity contribution < 1.29 is 10.2 Å². The van der Waals surface area contributed by atoms with Gasteiger partial charge >= 0.3 is 0 Å². The lowest BCUT2D eigenvalue weighted by molar-refractivity contribution is 0.230. The molecule has 0 saturated carbocycles. The van der Waals surface area contributed by atoms with E-state index in [4.69, 9.17) is 0 Å². The Balaban J connectivity index is 1.69. The zero-order chi connectivity index (χ0) is 14.7. The first-order valence-electron chi connectivity index (χ1n) is 7.49. The standard InChI is InChI=1S/C18H21NO2/c20-12-15(10-13-4-2-1-3-5-13)19-18-9-6-14-11-16(21)7-8-17(14)18/h1-5,7-8,11,15,18-21H,6,9-10,12H2/t15-,18?/m1/s1. The lowest BCUT2D eigenvalue weighted by Crippen LogP contribution is -2.36. The second-order valence-electron chi connectivity index (χ2n) is 5.71. The zero-order valence-electron chi connectivity index (χ0n) is 12.0. The summed E-state index contributed by atoms with van der Waals surface area (Å²) in [5, 5.41) is 22.7. The van der Waals surface area contributed by atoms with E-state index in [1.54, 1.807) is 6.07 Å². The van der Waals surface area contributed by atoms with Gasteiger partial charge in [0.1, 0.15) is 5.75 Å². The Morgan fingerprint density at radius 2 is 1.95 bits per heavy atom. The van der Waals surface area contributed by atoms with Gasteiger partial charge in [0, 0.05) is 12.1 Å². The lowest BCUT2D eigenvalue weighted by Gasteiger charge is -2.22. The number of aliphatic hydroxyl groups is 1. The van der Waals surface area contributed by atoms with E-state index < -0.39 is 0 Å². The molecule has 21 heavy (non-hydrogen) atoms. The molecular weight excluding hydrogens is 262 g/mol. The van der Waals surface area contributed by atoms with Crippen molar-refractivity contribution in [3.8, 4) is 5.75 Å². The van der Waals surface area contributed by atoms with Crippen LogP contribution in [0.15, 0.2) is 48.5 Å². The molecule has 110 valence electrons. The molecule has 0 amide bonds. The van der Waals surface area contributed by atoms with Crippen LogP contribution in [0, 0.1) is 0 Å². The Hall–Kier alpha value is -1.84.